The number of fused-ring (bicyclic) bond motifs is 3. The van der Waals surface area contributed by atoms with Gasteiger partial charge in [-0.25, -0.2) is 9.97 Å². The van der Waals surface area contributed by atoms with Crippen molar-refractivity contribution >= 4 is 27.8 Å². The standard InChI is InChI=1S/C14H16N4O/c1-8(2)19-18-9(3)16-12-13(18)10-6-4-5-7-11(10)17-14(12)15/h4-8H,1-3H3,(H2,15,17). The summed E-state index contributed by atoms with van der Waals surface area (Å²) in [5.41, 5.74) is 8.42. The van der Waals surface area contributed by atoms with E-state index in [1.165, 1.54) is 0 Å². The minimum absolute atomic E-state index is 0.0595. The molecular weight excluding hydrogens is 240 g/mol. The van der Waals surface area contributed by atoms with E-state index < -0.39 is 0 Å². The van der Waals surface area contributed by atoms with Gasteiger partial charge in [0.05, 0.1) is 5.52 Å². The Kier molecular flexibility index (Phi) is 2.55. The fourth-order valence-corrected chi connectivity index (χ4v) is 2.23. The Labute approximate surface area is 111 Å². The van der Waals surface area contributed by atoms with Gasteiger partial charge in [0.25, 0.3) is 0 Å². The van der Waals surface area contributed by atoms with Crippen molar-refractivity contribution in [3.8, 4) is 0 Å². The molecule has 1 aromatic carbocycles. The van der Waals surface area contributed by atoms with Crippen LogP contribution in [0.4, 0.5) is 5.82 Å². The number of benzene rings is 1. The van der Waals surface area contributed by atoms with Crippen molar-refractivity contribution in [2.24, 2.45) is 0 Å². The van der Waals surface area contributed by atoms with E-state index in [9.17, 15) is 0 Å². The second-order valence-corrected chi connectivity index (χ2v) is 4.82. The highest BCUT2D eigenvalue weighted by Crippen LogP contribution is 2.27. The first-order chi connectivity index (χ1) is 9.08. The molecule has 0 aliphatic carbocycles. The average Bonchev–Trinajstić information content (AvgIpc) is 2.68. The molecule has 2 aromatic heterocycles. The van der Waals surface area contributed by atoms with Gasteiger partial charge in [0, 0.05) is 5.39 Å². The van der Waals surface area contributed by atoms with Gasteiger partial charge in [-0.05, 0) is 26.8 Å². The second kappa shape index (κ2) is 4.12. The summed E-state index contributed by atoms with van der Waals surface area (Å²) >= 11 is 0. The molecule has 5 heteroatoms. The Balaban J connectivity index is 2.45. The molecule has 0 fully saturated rings. The summed E-state index contributed by atoms with van der Waals surface area (Å²) in [6.45, 7) is 5.87. The van der Waals surface area contributed by atoms with Crippen LogP contribution < -0.4 is 10.6 Å². The number of nitrogens with zero attached hydrogens (tertiary/aromatic N) is 3. The Morgan fingerprint density at radius 3 is 2.68 bits per heavy atom. The molecule has 0 aliphatic rings. The van der Waals surface area contributed by atoms with Crippen LogP contribution in [-0.4, -0.2) is 20.8 Å². The van der Waals surface area contributed by atoms with Gasteiger partial charge in [0.1, 0.15) is 23.0 Å². The van der Waals surface area contributed by atoms with Crippen molar-refractivity contribution in [1.82, 2.24) is 14.7 Å². The largest absolute Gasteiger partial charge is 0.409 e. The smallest absolute Gasteiger partial charge is 0.152 e. The Morgan fingerprint density at radius 1 is 1.21 bits per heavy atom. The van der Waals surface area contributed by atoms with E-state index in [0.717, 1.165) is 22.2 Å². The predicted molar refractivity (Wildman–Crippen MR) is 75.9 cm³/mol. The third-order valence-electron chi connectivity index (χ3n) is 2.95. The quantitative estimate of drug-likeness (QED) is 0.764. The molecule has 0 saturated heterocycles. The number of pyridine rings is 1. The van der Waals surface area contributed by atoms with Crippen molar-refractivity contribution in [1.29, 1.82) is 0 Å². The number of hydrogen-bond donors (Lipinski definition) is 1. The number of nitrogens with two attached hydrogens (primary N) is 1. The highest BCUT2D eigenvalue weighted by atomic mass is 16.7. The van der Waals surface area contributed by atoms with E-state index in [1.54, 1.807) is 4.73 Å². The van der Waals surface area contributed by atoms with Crippen LogP contribution in [-0.2, 0) is 0 Å². The fourth-order valence-electron chi connectivity index (χ4n) is 2.23. The first kappa shape index (κ1) is 11.8. The van der Waals surface area contributed by atoms with Gasteiger partial charge in [-0.3, -0.25) is 0 Å². The molecule has 3 rings (SSSR count). The maximum atomic E-state index is 5.99. The Bertz CT molecular complexity index is 761. The Hall–Kier alpha value is -2.30. The lowest BCUT2D eigenvalue weighted by Gasteiger charge is -2.13. The van der Waals surface area contributed by atoms with E-state index in [-0.39, 0.29) is 6.10 Å². The average molecular weight is 256 g/mol. The van der Waals surface area contributed by atoms with Gasteiger partial charge in [-0.2, -0.15) is 4.73 Å². The number of aryl methyl sites for hydroxylation is 1. The SMILES string of the molecule is Cc1nc2c(N)nc3ccccc3c2n1OC(C)C. The maximum Gasteiger partial charge on any atom is 0.152 e. The molecular formula is C14H16N4O. The van der Waals surface area contributed by atoms with Crippen molar-refractivity contribution in [2.75, 3.05) is 5.73 Å². The summed E-state index contributed by atoms with van der Waals surface area (Å²) in [5.74, 6) is 1.21. The number of nitrogen functional groups attached to an aromatic ring is 1. The lowest BCUT2D eigenvalue weighted by molar-refractivity contribution is 0.0639. The summed E-state index contributed by atoms with van der Waals surface area (Å²) in [4.78, 5) is 14.7. The van der Waals surface area contributed by atoms with Crippen molar-refractivity contribution < 1.29 is 4.84 Å². The molecule has 3 aromatic rings. The van der Waals surface area contributed by atoms with Crippen LogP contribution in [0.1, 0.15) is 19.7 Å². The first-order valence-corrected chi connectivity index (χ1v) is 6.28. The van der Waals surface area contributed by atoms with Gasteiger partial charge in [0.15, 0.2) is 5.82 Å². The summed E-state index contributed by atoms with van der Waals surface area (Å²) in [5, 5.41) is 0.993. The fraction of sp³-hybridized carbons (Fsp3) is 0.286. The lowest BCUT2D eigenvalue weighted by Crippen LogP contribution is -2.20. The molecule has 0 unspecified atom stereocenters. The minimum Gasteiger partial charge on any atom is -0.409 e. The maximum absolute atomic E-state index is 5.99. The minimum atomic E-state index is 0.0595. The highest BCUT2D eigenvalue weighted by molar-refractivity contribution is 6.06. The third-order valence-corrected chi connectivity index (χ3v) is 2.95. The molecule has 0 saturated carbocycles. The summed E-state index contributed by atoms with van der Waals surface area (Å²) in [6.07, 6.45) is 0.0595. The Morgan fingerprint density at radius 2 is 1.95 bits per heavy atom. The normalized spacial score (nSPS) is 11.6. The number of imidazole rings is 1. The lowest BCUT2D eigenvalue weighted by atomic mass is 10.2. The zero-order valence-electron chi connectivity index (χ0n) is 11.2. The van der Waals surface area contributed by atoms with E-state index in [1.807, 2.05) is 45.0 Å². The van der Waals surface area contributed by atoms with E-state index in [2.05, 4.69) is 9.97 Å². The summed E-state index contributed by atoms with van der Waals surface area (Å²) in [7, 11) is 0. The predicted octanol–water partition coefficient (Wildman–Crippen LogP) is 2.31. The van der Waals surface area contributed by atoms with Crippen molar-refractivity contribution in [3.63, 3.8) is 0 Å². The molecule has 5 nitrogen and oxygen atoms in total. The van der Waals surface area contributed by atoms with Crippen LogP contribution in [0.5, 0.6) is 0 Å². The monoisotopic (exact) mass is 256 g/mol. The van der Waals surface area contributed by atoms with Gasteiger partial charge in [0.2, 0.25) is 0 Å². The third kappa shape index (κ3) is 1.78. The first-order valence-electron chi connectivity index (χ1n) is 6.28. The van der Waals surface area contributed by atoms with Crippen LogP contribution in [0, 0.1) is 6.92 Å². The molecule has 2 N–H and O–H groups in total. The van der Waals surface area contributed by atoms with E-state index in [4.69, 9.17) is 10.6 Å². The number of hydrogen-bond acceptors (Lipinski definition) is 4. The molecule has 0 atom stereocenters. The van der Waals surface area contributed by atoms with Crippen LogP contribution in [0.15, 0.2) is 24.3 Å². The number of rotatable bonds is 2. The van der Waals surface area contributed by atoms with E-state index >= 15 is 0 Å². The number of anilines is 1. The van der Waals surface area contributed by atoms with Crippen molar-refractivity contribution in [2.45, 2.75) is 26.9 Å². The zero-order chi connectivity index (χ0) is 13.6. The molecule has 0 bridgehead atoms. The second-order valence-electron chi connectivity index (χ2n) is 4.82. The van der Waals surface area contributed by atoms with Crippen LogP contribution in [0.25, 0.3) is 21.9 Å². The highest BCUT2D eigenvalue weighted by Gasteiger charge is 2.16. The number of aromatic nitrogens is 3. The molecule has 2 heterocycles. The molecule has 0 aliphatic heterocycles. The van der Waals surface area contributed by atoms with Crippen molar-refractivity contribution in [3.05, 3.63) is 30.1 Å². The topological polar surface area (TPSA) is 66.0 Å². The molecule has 19 heavy (non-hydrogen) atoms. The van der Waals surface area contributed by atoms with Gasteiger partial charge < -0.3 is 10.6 Å². The van der Waals surface area contributed by atoms with Gasteiger partial charge in [-0.1, -0.05) is 18.2 Å². The van der Waals surface area contributed by atoms with Crippen LogP contribution in [0.2, 0.25) is 0 Å². The zero-order valence-corrected chi connectivity index (χ0v) is 11.2. The summed E-state index contributed by atoms with van der Waals surface area (Å²) < 4.78 is 1.75. The molecule has 0 radical (unpaired) electrons. The molecule has 0 amide bonds. The number of para-hydroxylation sites is 1. The summed E-state index contributed by atoms with van der Waals surface area (Å²) in [6, 6.07) is 7.86. The molecule has 0 spiro atoms. The van der Waals surface area contributed by atoms with Crippen LogP contribution >= 0.6 is 0 Å². The van der Waals surface area contributed by atoms with Gasteiger partial charge >= 0.3 is 0 Å². The van der Waals surface area contributed by atoms with Gasteiger partial charge in [-0.15, -0.1) is 0 Å². The van der Waals surface area contributed by atoms with E-state index in [0.29, 0.717) is 11.3 Å². The molecule has 98 valence electrons. The van der Waals surface area contributed by atoms with Crippen LogP contribution in [0.3, 0.4) is 0 Å².